The van der Waals surface area contributed by atoms with Crippen LogP contribution in [0.3, 0.4) is 0 Å². The van der Waals surface area contributed by atoms with Crippen LogP contribution >= 0.6 is 0 Å². The molecule has 1 aromatic rings. The van der Waals surface area contributed by atoms with E-state index in [0.717, 1.165) is 25.0 Å². The van der Waals surface area contributed by atoms with Crippen LogP contribution in [0.5, 0.6) is 0 Å². The van der Waals surface area contributed by atoms with Gasteiger partial charge in [-0.05, 0) is 56.7 Å². The van der Waals surface area contributed by atoms with Crippen LogP contribution in [0.15, 0.2) is 24.3 Å². The second-order valence-electron chi connectivity index (χ2n) is 7.36. The molecule has 0 spiro atoms. The number of morpholine rings is 1. The molecule has 2 aliphatic rings. The zero-order valence-corrected chi connectivity index (χ0v) is 14.5. The summed E-state index contributed by atoms with van der Waals surface area (Å²) in [4.78, 5) is 4.84. The summed E-state index contributed by atoms with van der Waals surface area (Å²) in [6.45, 7) is 6.60. The largest absolute Gasteiger partial charge is 0.378 e. The van der Waals surface area contributed by atoms with Crippen molar-refractivity contribution in [2.45, 2.75) is 57.3 Å². The third-order valence-electron chi connectivity index (χ3n) is 5.25. The number of hydrogen-bond donors (Lipinski definition) is 0. The Bertz CT molecular complexity index is 475. The highest BCUT2D eigenvalue weighted by Gasteiger charge is 2.33. The molecule has 1 saturated heterocycles. The minimum absolute atomic E-state index is 0.377. The maximum atomic E-state index is 5.88. The first kappa shape index (κ1) is 15.8. The van der Waals surface area contributed by atoms with Gasteiger partial charge >= 0.3 is 0 Å². The van der Waals surface area contributed by atoms with Gasteiger partial charge in [-0.25, -0.2) is 0 Å². The number of nitrogens with zero attached hydrogens (tertiary/aromatic N) is 2. The number of hydrogen-bond acceptors (Lipinski definition) is 3. The maximum absolute atomic E-state index is 5.88. The van der Waals surface area contributed by atoms with Crippen LogP contribution in [0, 0.1) is 0 Å². The summed E-state index contributed by atoms with van der Waals surface area (Å²) in [6.07, 6.45) is 4.72. The van der Waals surface area contributed by atoms with Crippen molar-refractivity contribution >= 4 is 5.69 Å². The molecule has 3 rings (SSSR count). The van der Waals surface area contributed by atoms with Crippen molar-refractivity contribution in [3.63, 3.8) is 0 Å². The topological polar surface area (TPSA) is 15.7 Å². The Kier molecular flexibility index (Phi) is 4.74. The Morgan fingerprint density at radius 3 is 2.23 bits per heavy atom. The lowest BCUT2D eigenvalue weighted by molar-refractivity contribution is -0.0796. The summed E-state index contributed by atoms with van der Waals surface area (Å²) < 4.78 is 5.88. The zero-order valence-electron chi connectivity index (χ0n) is 14.5. The third-order valence-corrected chi connectivity index (χ3v) is 5.25. The highest BCUT2D eigenvalue weighted by Crippen LogP contribution is 2.38. The average Bonchev–Trinajstić information content (AvgIpc) is 2.96. The fourth-order valence-corrected chi connectivity index (χ4v) is 4.15. The van der Waals surface area contributed by atoms with E-state index >= 15 is 0 Å². The van der Waals surface area contributed by atoms with Crippen LogP contribution in [0.25, 0.3) is 0 Å². The highest BCUT2D eigenvalue weighted by molar-refractivity contribution is 5.46. The van der Waals surface area contributed by atoms with Crippen LogP contribution in [-0.2, 0) is 4.74 Å². The standard InChI is InChI=1S/C19H30N2O/c1-14-12-21(13-15(2)22-14)19-10-7-17(11-19)16-5-8-18(9-6-16)20(3)4/h5-6,8-9,14-15,17,19H,7,10-13H2,1-4H3/t14-,15+,17-,19-/m0/s1. The second-order valence-corrected chi connectivity index (χ2v) is 7.36. The Morgan fingerprint density at radius 2 is 1.64 bits per heavy atom. The van der Waals surface area contributed by atoms with Crippen LogP contribution in [0.4, 0.5) is 5.69 Å². The fraction of sp³-hybridized carbons (Fsp3) is 0.684. The van der Waals surface area contributed by atoms with E-state index < -0.39 is 0 Å². The first-order chi connectivity index (χ1) is 10.5. The quantitative estimate of drug-likeness (QED) is 0.850. The van der Waals surface area contributed by atoms with Gasteiger partial charge in [0.2, 0.25) is 0 Å². The van der Waals surface area contributed by atoms with Crippen molar-refractivity contribution in [1.82, 2.24) is 4.90 Å². The van der Waals surface area contributed by atoms with Gasteiger partial charge in [0.25, 0.3) is 0 Å². The molecule has 0 bridgehead atoms. The lowest BCUT2D eigenvalue weighted by Crippen LogP contribution is -2.49. The summed E-state index contributed by atoms with van der Waals surface area (Å²) in [7, 11) is 4.20. The third kappa shape index (κ3) is 3.47. The monoisotopic (exact) mass is 302 g/mol. The lowest BCUT2D eigenvalue weighted by atomic mass is 9.97. The van der Waals surface area contributed by atoms with E-state index in [1.165, 1.54) is 30.5 Å². The molecule has 0 amide bonds. The highest BCUT2D eigenvalue weighted by atomic mass is 16.5. The predicted molar refractivity (Wildman–Crippen MR) is 92.7 cm³/mol. The van der Waals surface area contributed by atoms with Gasteiger partial charge in [-0.3, -0.25) is 4.90 Å². The predicted octanol–water partition coefficient (Wildman–Crippen LogP) is 3.50. The zero-order chi connectivity index (χ0) is 15.7. The number of benzene rings is 1. The molecule has 1 saturated carbocycles. The van der Waals surface area contributed by atoms with Crippen molar-refractivity contribution in [3.05, 3.63) is 29.8 Å². The number of ether oxygens (including phenoxy) is 1. The fourth-order valence-electron chi connectivity index (χ4n) is 4.15. The maximum Gasteiger partial charge on any atom is 0.0678 e. The summed E-state index contributed by atoms with van der Waals surface area (Å²) in [6, 6.07) is 9.90. The SMILES string of the molecule is C[C@@H]1CN([C@H]2CC[C@H](c3ccc(N(C)C)cc3)C2)C[C@H](C)O1. The smallest absolute Gasteiger partial charge is 0.0678 e. The molecule has 0 radical (unpaired) electrons. The molecule has 1 aliphatic carbocycles. The van der Waals surface area contributed by atoms with Gasteiger partial charge in [0.1, 0.15) is 0 Å². The molecule has 0 unspecified atom stereocenters. The van der Waals surface area contributed by atoms with Crippen molar-refractivity contribution in [2.24, 2.45) is 0 Å². The first-order valence-corrected chi connectivity index (χ1v) is 8.69. The summed E-state index contributed by atoms with van der Waals surface area (Å²) in [5, 5.41) is 0. The second kappa shape index (κ2) is 6.59. The molecule has 122 valence electrons. The Hall–Kier alpha value is -1.06. The molecular weight excluding hydrogens is 272 g/mol. The van der Waals surface area contributed by atoms with E-state index in [9.17, 15) is 0 Å². The van der Waals surface area contributed by atoms with E-state index in [1.807, 2.05) is 0 Å². The summed E-state index contributed by atoms with van der Waals surface area (Å²) >= 11 is 0. The van der Waals surface area contributed by atoms with E-state index in [1.54, 1.807) is 0 Å². The lowest BCUT2D eigenvalue weighted by Gasteiger charge is -2.39. The Labute approximate surface area is 135 Å². The normalized spacial score (nSPS) is 33.1. The van der Waals surface area contributed by atoms with Gasteiger partial charge < -0.3 is 9.64 Å². The van der Waals surface area contributed by atoms with E-state index in [2.05, 4.69) is 62.0 Å². The van der Waals surface area contributed by atoms with Gasteiger partial charge in [-0.2, -0.15) is 0 Å². The molecule has 1 heterocycles. The van der Waals surface area contributed by atoms with E-state index in [-0.39, 0.29) is 0 Å². The van der Waals surface area contributed by atoms with Crippen LogP contribution in [0.2, 0.25) is 0 Å². The van der Waals surface area contributed by atoms with Crippen molar-refractivity contribution in [2.75, 3.05) is 32.1 Å². The van der Waals surface area contributed by atoms with Crippen molar-refractivity contribution < 1.29 is 4.74 Å². The Balaban J connectivity index is 1.62. The molecule has 1 aromatic carbocycles. The molecule has 0 N–H and O–H groups in total. The minimum Gasteiger partial charge on any atom is -0.378 e. The number of rotatable bonds is 3. The van der Waals surface area contributed by atoms with Crippen molar-refractivity contribution in [1.29, 1.82) is 0 Å². The van der Waals surface area contributed by atoms with Gasteiger partial charge in [0.05, 0.1) is 12.2 Å². The molecule has 22 heavy (non-hydrogen) atoms. The van der Waals surface area contributed by atoms with Gasteiger partial charge in [-0.1, -0.05) is 12.1 Å². The van der Waals surface area contributed by atoms with Crippen LogP contribution in [0.1, 0.15) is 44.6 Å². The van der Waals surface area contributed by atoms with Gasteiger partial charge in [0.15, 0.2) is 0 Å². The van der Waals surface area contributed by atoms with E-state index in [4.69, 9.17) is 4.74 Å². The molecule has 3 nitrogen and oxygen atoms in total. The molecule has 4 atom stereocenters. The van der Waals surface area contributed by atoms with Gasteiger partial charge in [0, 0.05) is 38.9 Å². The van der Waals surface area contributed by atoms with Crippen LogP contribution in [-0.4, -0.2) is 50.3 Å². The number of anilines is 1. The Morgan fingerprint density at radius 1 is 1.00 bits per heavy atom. The molecular formula is C19H30N2O. The van der Waals surface area contributed by atoms with E-state index in [0.29, 0.717) is 12.2 Å². The van der Waals surface area contributed by atoms with Gasteiger partial charge in [-0.15, -0.1) is 0 Å². The molecule has 0 aromatic heterocycles. The van der Waals surface area contributed by atoms with Crippen LogP contribution < -0.4 is 4.90 Å². The minimum atomic E-state index is 0.377. The average molecular weight is 302 g/mol. The van der Waals surface area contributed by atoms with Crippen molar-refractivity contribution in [3.8, 4) is 0 Å². The first-order valence-electron chi connectivity index (χ1n) is 8.69. The summed E-state index contributed by atoms with van der Waals surface area (Å²) in [5.74, 6) is 0.731. The summed E-state index contributed by atoms with van der Waals surface area (Å²) in [5.41, 5.74) is 2.80. The molecule has 1 aliphatic heterocycles. The molecule has 3 heteroatoms. The molecule has 2 fully saturated rings.